The summed E-state index contributed by atoms with van der Waals surface area (Å²) in [5.74, 6) is 1.26. The Morgan fingerprint density at radius 1 is 1.38 bits per heavy atom. The number of anilines is 1. The van der Waals surface area contributed by atoms with Gasteiger partial charge in [-0.2, -0.15) is 0 Å². The van der Waals surface area contributed by atoms with Crippen LogP contribution in [0, 0.1) is 0 Å². The molecule has 2 aromatic rings. The third-order valence-corrected chi connectivity index (χ3v) is 4.47. The molecule has 0 saturated carbocycles. The minimum Gasteiger partial charge on any atom is -0.309 e. The number of hydrogen-bond acceptors (Lipinski definition) is 5. The zero-order valence-corrected chi connectivity index (χ0v) is 14.5. The summed E-state index contributed by atoms with van der Waals surface area (Å²) in [4.78, 5) is 27.7. The van der Waals surface area contributed by atoms with E-state index in [2.05, 4.69) is 25.2 Å². The molecule has 1 amide bonds. The van der Waals surface area contributed by atoms with Gasteiger partial charge in [0.25, 0.3) is 0 Å². The van der Waals surface area contributed by atoms with Crippen molar-refractivity contribution in [3.63, 3.8) is 0 Å². The summed E-state index contributed by atoms with van der Waals surface area (Å²) in [5, 5.41) is 3.37. The molecule has 0 fully saturated rings. The van der Waals surface area contributed by atoms with E-state index < -0.39 is 0 Å². The van der Waals surface area contributed by atoms with Gasteiger partial charge in [-0.3, -0.25) is 9.69 Å². The van der Waals surface area contributed by atoms with Gasteiger partial charge in [-0.25, -0.2) is 15.0 Å². The Hall–Kier alpha value is -2.05. The molecule has 6 nitrogen and oxygen atoms in total. The SMILES string of the molecule is CCc1ncc2c(n1)CN([C@H](C)C(=O)Nc1ccc(Cl)cn1)CC2. The second-order valence-corrected chi connectivity index (χ2v) is 6.30. The maximum Gasteiger partial charge on any atom is 0.242 e. The Morgan fingerprint density at radius 3 is 2.92 bits per heavy atom. The highest BCUT2D eigenvalue weighted by atomic mass is 35.5. The molecule has 0 saturated heterocycles. The molecule has 0 bridgehead atoms. The second kappa shape index (κ2) is 7.23. The number of halogens is 1. The van der Waals surface area contributed by atoms with Crippen LogP contribution in [0.2, 0.25) is 5.02 Å². The van der Waals surface area contributed by atoms with Crippen molar-refractivity contribution in [2.45, 2.75) is 39.3 Å². The monoisotopic (exact) mass is 345 g/mol. The molecule has 3 heterocycles. The van der Waals surface area contributed by atoms with Gasteiger partial charge in [-0.15, -0.1) is 0 Å². The predicted molar refractivity (Wildman–Crippen MR) is 92.9 cm³/mol. The number of amides is 1. The summed E-state index contributed by atoms with van der Waals surface area (Å²) in [7, 11) is 0. The van der Waals surface area contributed by atoms with Crippen LogP contribution in [0.4, 0.5) is 5.82 Å². The van der Waals surface area contributed by atoms with Crippen molar-refractivity contribution in [1.29, 1.82) is 0 Å². The number of nitrogens with zero attached hydrogens (tertiary/aromatic N) is 4. The lowest BCUT2D eigenvalue weighted by Crippen LogP contribution is -2.45. The molecular weight excluding hydrogens is 326 g/mol. The van der Waals surface area contributed by atoms with Gasteiger partial charge in [0, 0.05) is 31.9 Å². The van der Waals surface area contributed by atoms with Crippen LogP contribution in [0.25, 0.3) is 0 Å². The number of hydrogen-bond donors (Lipinski definition) is 1. The Kier molecular flexibility index (Phi) is 5.06. The number of carbonyl (C=O) groups is 1. The number of pyridine rings is 1. The molecule has 3 rings (SSSR count). The van der Waals surface area contributed by atoms with E-state index in [1.165, 1.54) is 11.8 Å². The number of nitrogens with one attached hydrogen (secondary N) is 1. The van der Waals surface area contributed by atoms with Crippen molar-refractivity contribution < 1.29 is 4.79 Å². The van der Waals surface area contributed by atoms with Gasteiger partial charge >= 0.3 is 0 Å². The van der Waals surface area contributed by atoms with Gasteiger partial charge < -0.3 is 5.32 Å². The first kappa shape index (κ1) is 16.8. The topological polar surface area (TPSA) is 71.0 Å². The van der Waals surface area contributed by atoms with Crippen LogP contribution in [-0.2, 0) is 24.2 Å². The normalized spacial score (nSPS) is 15.6. The molecule has 0 aliphatic carbocycles. The van der Waals surface area contributed by atoms with Crippen LogP contribution in [0.3, 0.4) is 0 Å². The smallest absolute Gasteiger partial charge is 0.242 e. The highest BCUT2D eigenvalue weighted by molar-refractivity contribution is 6.30. The average Bonchev–Trinajstić information content (AvgIpc) is 2.62. The van der Waals surface area contributed by atoms with Crippen LogP contribution in [-0.4, -0.2) is 38.3 Å². The lowest BCUT2D eigenvalue weighted by atomic mass is 10.0. The van der Waals surface area contributed by atoms with Crippen LogP contribution in [0.15, 0.2) is 24.5 Å². The summed E-state index contributed by atoms with van der Waals surface area (Å²) in [6.45, 7) is 5.41. The van der Waals surface area contributed by atoms with Crippen molar-refractivity contribution in [3.05, 3.63) is 46.6 Å². The van der Waals surface area contributed by atoms with E-state index in [0.29, 0.717) is 17.4 Å². The first-order valence-electron chi connectivity index (χ1n) is 8.07. The molecule has 0 radical (unpaired) electrons. The second-order valence-electron chi connectivity index (χ2n) is 5.86. The average molecular weight is 346 g/mol. The van der Waals surface area contributed by atoms with Crippen LogP contribution >= 0.6 is 11.6 Å². The number of rotatable bonds is 4. The summed E-state index contributed by atoms with van der Waals surface area (Å²) in [6, 6.07) is 3.13. The maximum absolute atomic E-state index is 12.5. The molecule has 0 spiro atoms. The number of carbonyl (C=O) groups excluding carboxylic acids is 1. The Labute approximate surface area is 146 Å². The van der Waals surface area contributed by atoms with Crippen LogP contribution in [0.5, 0.6) is 0 Å². The Bertz CT molecular complexity index is 734. The molecule has 24 heavy (non-hydrogen) atoms. The van der Waals surface area contributed by atoms with Gasteiger partial charge in [-0.1, -0.05) is 18.5 Å². The molecule has 0 unspecified atom stereocenters. The van der Waals surface area contributed by atoms with Crippen molar-refractivity contribution >= 4 is 23.3 Å². The van der Waals surface area contributed by atoms with E-state index in [-0.39, 0.29) is 11.9 Å². The quantitative estimate of drug-likeness (QED) is 0.921. The molecular formula is C17H20ClN5O. The molecule has 0 aromatic carbocycles. The fraction of sp³-hybridized carbons (Fsp3) is 0.412. The van der Waals surface area contributed by atoms with Crippen LogP contribution in [0.1, 0.15) is 30.9 Å². The third-order valence-electron chi connectivity index (χ3n) is 4.25. The fourth-order valence-electron chi connectivity index (χ4n) is 2.71. The zero-order valence-electron chi connectivity index (χ0n) is 13.8. The fourth-order valence-corrected chi connectivity index (χ4v) is 2.82. The number of fused-ring (bicyclic) bond motifs is 1. The molecule has 1 aliphatic rings. The van der Waals surface area contributed by atoms with Crippen molar-refractivity contribution in [1.82, 2.24) is 19.9 Å². The van der Waals surface area contributed by atoms with Gasteiger partial charge in [0.1, 0.15) is 11.6 Å². The van der Waals surface area contributed by atoms with Crippen molar-refractivity contribution in [2.24, 2.45) is 0 Å². The van der Waals surface area contributed by atoms with E-state index in [1.54, 1.807) is 12.1 Å². The van der Waals surface area contributed by atoms with Gasteiger partial charge in [0.05, 0.1) is 16.8 Å². The van der Waals surface area contributed by atoms with Crippen molar-refractivity contribution in [3.8, 4) is 0 Å². The summed E-state index contributed by atoms with van der Waals surface area (Å²) in [5.41, 5.74) is 2.20. The molecule has 126 valence electrons. The van der Waals surface area contributed by atoms with Gasteiger partial charge in [0.2, 0.25) is 5.91 Å². The van der Waals surface area contributed by atoms with E-state index in [0.717, 1.165) is 30.9 Å². The lowest BCUT2D eigenvalue weighted by Gasteiger charge is -2.32. The molecule has 1 N–H and O–H groups in total. The minimum atomic E-state index is -0.268. The highest BCUT2D eigenvalue weighted by Crippen LogP contribution is 2.19. The first-order chi connectivity index (χ1) is 11.6. The van der Waals surface area contributed by atoms with Crippen molar-refractivity contribution in [2.75, 3.05) is 11.9 Å². The third kappa shape index (κ3) is 3.71. The Morgan fingerprint density at radius 2 is 2.21 bits per heavy atom. The first-order valence-corrected chi connectivity index (χ1v) is 8.44. The standard InChI is InChI=1S/C17H20ClN5O/c1-3-15-19-8-12-6-7-23(10-14(12)21-15)11(2)17(24)22-16-5-4-13(18)9-20-16/h4-5,8-9,11H,3,6-7,10H2,1-2H3,(H,20,22,24)/t11-/m1/s1. The largest absolute Gasteiger partial charge is 0.309 e. The van der Waals surface area contributed by atoms with E-state index in [4.69, 9.17) is 11.6 Å². The number of aromatic nitrogens is 3. The number of aryl methyl sites for hydroxylation is 1. The predicted octanol–water partition coefficient (Wildman–Crippen LogP) is 2.47. The molecule has 2 aromatic heterocycles. The summed E-state index contributed by atoms with van der Waals surface area (Å²) in [6.07, 6.45) is 5.10. The van der Waals surface area contributed by atoms with E-state index >= 15 is 0 Å². The lowest BCUT2D eigenvalue weighted by molar-refractivity contribution is -0.121. The molecule has 1 atom stereocenters. The van der Waals surface area contributed by atoms with E-state index in [9.17, 15) is 4.79 Å². The Balaban J connectivity index is 1.67. The molecule has 7 heteroatoms. The minimum absolute atomic E-state index is 0.0851. The van der Waals surface area contributed by atoms with Gasteiger partial charge in [0.15, 0.2) is 0 Å². The summed E-state index contributed by atoms with van der Waals surface area (Å²) < 4.78 is 0. The highest BCUT2D eigenvalue weighted by Gasteiger charge is 2.26. The summed E-state index contributed by atoms with van der Waals surface area (Å²) >= 11 is 5.81. The zero-order chi connectivity index (χ0) is 17.1. The van der Waals surface area contributed by atoms with Gasteiger partial charge in [-0.05, 0) is 31.0 Å². The van der Waals surface area contributed by atoms with Crippen LogP contribution < -0.4 is 5.32 Å². The maximum atomic E-state index is 12.5. The molecule has 1 aliphatic heterocycles. The van der Waals surface area contributed by atoms with E-state index in [1.807, 2.05) is 20.0 Å².